The molecule has 1 aromatic carbocycles. The summed E-state index contributed by atoms with van der Waals surface area (Å²) in [6.07, 6.45) is 6.68. The van der Waals surface area contributed by atoms with Gasteiger partial charge >= 0.3 is 0 Å². The van der Waals surface area contributed by atoms with Crippen molar-refractivity contribution in [2.24, 2.45) is 0 Å². The van der Waals surface area contributed by atoms with Gasteiger partial charge in [-0.1, -0.05) is 12.5 Å². The third-order valence-corrected chi connectivity index (χ3v) is 6.75. The first-order valence-electron chi connectivity index (χ1n) is 9.85. The van der Waals surface area contributed by atoms with Crippen LogP contribution in [0.5, 0.6) is 0 Å². The number of nitrogens with zero attached hydrogens (tertiary/aromatic N) is 5. The molecule has 1 saturated heterocycles. The fourth-order valence-electron chi connectivity index (χ4n) is 4.38. The van der Waals surface area contributed by atoms with Gasteiger partial charge in [0.25, 0.3) is 5.91 Å². The SMILES string of the molecule is O=C(c1cccc2ncsc12)N1CCC(c2nnc3n2CCCCC3)CC1. The first kappa shape index (κ1) is 16.9. The van der Waals surface area contributed by atoms with E-state index in [1.165, 1.54) is 19.3 Å². The van der Waals surface area contributed by atoms with Crippen LogP contribution in [0.1, 0.15) is 60.0 Å². The van der Waals surface area contributed by atoms with Crippen LogP contribution in [0.3, 0.4) is 0 Å². The van der Waals surface area contributed by atoms with Gasteiger partial charge in [0.1, 0.15) is 11.6 Å². The zero-order valence-corrected chi connectivity index (χ0v) is 16.1. The second-order valence-corrected chi connectivity index (χ2v) is 8.36. The molecule has 0 spiro atoms. The van der Waals surface area contributed by atoms with Crippen molar-refractivity contribution in [3.63, 3.8) is 0 Å². The predicted molar refractivity (Wildman–Crippen MR) is 105 cm³/mol. The van der Waals surface area contributed by atoms with Gasteiger partial charge in [-0.2, -0.15) is 0 Å². The Labute approximate surface area is 162 Å². The molecule has 7 heteroatoms. The predicted octanol–water partition coefficient (Wildman–Crippen LogP) is 3.63. The van der Waals surface area contributed by atoms with E-state index < -0.39 is 0 Å². The number of thiazole rings is 1. The van der Waals surface area contributed by atoms with E-state index in [9.17, 15) is 4.79 Å². The number of amides is 1. The number of likely N-dealkylation sites (tertiary alicyclic amines) is 1. The molecule has 1 amide bonds. The highest BCUT2D eigenvalue weighted by Gasteiger charge is 2.29. The second kappa shape index (κ2) is 7.03. The molecular formula is C20H23N5OS. The second-order valence-electron chi connectivity index (χ2n) is 7.51. The topological polar surface area (TPSA) is 63.9 Å². The van der Waals surface area contributed by atoms with Crippen LogP contribution < -0.4 is 0 Å². The van der Waals surface area contributed by atoms with Crippen molar-refractivity contribution in [1.29, 1.82) is 0 Å². The molecule has 0 aliphatic carbocycles. The Morgan fingerprint density at radius 1 is 1.07 bits per heavy atom. The maximum absolute atomic E-state index is 13.1. The lowest BCUT2D eigenvalue weighted by molar-refractivity contribution is 0.0712. The van der Waals surface area contributed by atoms with Crippen LogP contribution in [0.25, 0.3) is 10.2 Å². The Bertz CT molecular complexity index is 970. The summed E-state index contributed by atoms with van der Waals surface area (Å²) in [4.78, 5) is 19.4. The van der Waals surface area contributed by atoms with E-state index in [1.807, 2.05) is 28.6 Å². The third-order valence-electron chi connectivity index (χ3n) is 5.87. The summed E-state index contributed by atoms with van der Waals surface area (Å²) < 4.78 is 3.35. The Kier molecular flexibility index (Phi) is 4.39. The number of fused-ring (bicyclic) bond motifs is 2. The number of aromatic nitrogens is 4. The van der Waals surface area contributed by atoms with Gasteiger partial charge < -0.3 is 9.47 Å². The molecular weight excluding hydrogens is 358 g/mol. The molecule has 140 valence electrons. The van der Waals surface area contributed by atoms with Crippen LogP contribution in [0.4, 0.5) is 0 Å². The van der Waals surface area contributed by atoms with Crippen molar-refractivity contribution in [3.05, 3.63) is 40.9 Å². The minimum absolute atomic E-state index is 0.128. The highest BCUT2D eigenvalue weighted by Crippen LogP contribution is 2.31. The average Bonchev–Trinajstić information content (AvgIpc) is 3.28. The van der Waals surface area contributed by atoms with Crippen LogP contribution in [-0.2, 0) is 13.0 Å². The number of hydrogen-bond acceptors (Lipinski definition) is 5. The molecule has 1 fully saturated rings. The van der Waals surface area contributed by atoms with Gasteiger partial charge in [-0.05, 0) is 37.8 Å². The third kappa shape index (κ3) is 3.04. The number of benzene rings is 1. The summed E-state index contributed by atoms with van der Waals surface area (Å²) in [6, 6.07) is 5.81. The number of carbonyl (C=O) groups excluding carboxylic acids is 1. The van der Waals surface area contributed by atoms with E-state index in [0.717, 1.165) is 66.3 Å². The molecule has 0 atom stereocenters. The van der Waals surface area contributed by atoms with E-state index in [1.54, 1.807) is 11.3 Å². The van der Waals surface area contributed by atoms with E-state index in [0.29, 0.717) is 5.92 Å². The lowest BCUT2D eigenvalue weighted by atomic mass is 9.95. The smallest absolute Gasteiger partial charge is 0.255 e. The molecule has 0 N–H and O–H groups in total. The first-order chi connectivity index (χ1) is 13.3. The van der Waals surface area contributed by atoms with Crippen molar-refractivity contribution in [1.82, 2.24) is 24.6 Å². The van der Waals surface area contributed by atoms with E-state index in [-0.39, 0.29) is 5.91 Å². The van der Waals surface area contributed by atoms with E-state index in [4.69, 9.17) is 0 Å². The van der Waals surface area contributed by atoms with Crippen molar-refractivity contribution in [2.45, 2.75) is 51.0 Å². The standard InChI is InChI=1S/C20H23N5OS/c26-20(15-5-4-6-16-18(15)27-13-21-16)24-11-8-14(9-12-24)19-23-22-17-7-2-1-3-10-25(17)19/h4-6,13-14H,1-3,7-12H2. The Hall–Kier alpha value is -2.28. The van der Waals surface area contributed by atoms with Crippen LogP contribution in [0.2, 0.25) is 0 Å². The Morgan fingerprint density at radius 3 is 2.85 bits per heavy atom. The molecule has 6 nitrogen and oxygen atoms in total. The van der Waals surface area contributed by atoms with Crippen LogP contribution in [0, 0.1) is 0 Å². The highest BCUT2D eigenvalue weighted by atomic mass is 32.1. The first-order valence-corrected chi connectivity index (χ1v) is 10.7. The summed E-state index contributed by atoms with van der Waals surface area (Å²) >= 11 is 1.54. The number of aryl methyl sites for hydroxylation is 1. The molecule has 0 radical (unpaired) electrons. The molecule has 27 heavy (non-hydrogen) atoms. The minimum atomic E-state index is 0.128. The fraction of sp³-hybridized carbons (Fsp3) is 0.500. The normalized spacial score (nSPS) is 18.4. The molecule has 4 heterocycles. The molecule has 5 rings (SSSR count). The van der Waals surface area contributed by atoms with Crippen LogP contribution >= 0.6 is 11.3 Å². The van der Waals surface area contributed by atoms with Crippen LogP contribution in [-0.4, -0.2) is 43.6 Å². The minimum Gasteiger partial charge on any atom is -0.339 e. The average molecular weight is 382 g/mol. The maximum Gasteiger partial charge on any atom is 0.255 e. The van der Waals surface area contributed by atoms with Gasteiger partial charge in [0.15, 0.2) is 0 Å². The summed E-state index contributed by atoms with van der Waals surface area (Å²) in [7, 11) is 0. The summed E-state index contributed by atoms with van der Waals surface area (Å²) in [6.45, 7) is 2.60. The van der Waals surface area contributed by atoms with Crippen molar-refractivity contribution in [2.75, 3.05) is 13.1 Å². The lowest BCUT2D eigenvalue weighted by Gasteiger charge is -2.32. The molecule has 2 aliphatic rings. The van der Waals surface area contributed by atoms with Gasteiger partial charge in [0.2, 0.25) is 0 Å². The van der Waals surface area contributed by atoms with Crippen molar-refractivity contribution in [3.8, 4) is 0 Å². The zero-order valence-electron chi connectivity index (χ0n) is 15.3. The van der Waals surface area contributed by atoms with Crippen LogP contribution in [0.15, 0.2) is 23.7 Å². The van der Waals surface area contributed by atoms with Gasteiger partial charge in [0, 0.05) is 32.0 Å². The fourth-order valence-corrected chi connectivity index (χ4v) is 5.17. The summed E-state index contributed by atoms with van der Waals surface area (Å²) in [5, 5.41) is 8.98. The van der Waals surface area contributed by atoms with E-state index in [2.05, 4.69) is 19.7 Å². The largest absolute Gasteiger partial charge is 0.339 e. The van der Waals surface area contributed by atoms with Gasteiger partial charge in [-0.25, -0.2) is 4.98 Å². The Morgan fingerprint density at radius 2 is 1.96 bits per heavy atom. The van der Waals surface area contributed by atoms with Gasteiger partial charge in [0.05, 0.1) is 21.3 Å². The van der Waals surface area contributed by atoms with E-state index >= 15 is 0 Å². The highest BCUT2D eigenvalue weighted by molar-refractivity contribution is 7.17. The van der Waals surface area contributed by atoms with Crippen molar-refractivity contribution < 1.29 is 4.79 Å². The summed E-state index contributed by atoms with van der Waals surface area (Å²) in [5.74, 6) is 2.83. The summed E-state index contributed by atoms with van der Waals surface area (Å²) in [5.41, 5.74) is 3.50. The monoisotopic (exact) mass is 381 g/mol. The number of rotatable bonds is 2. The molecule has 0 unspecified atom stereocenters. The van der Waals surface area contributed by atoms with Crippen molar-refractivity contribution >= 4 is 27.5 Å². The van der Waals surface area contributed by atoms with Gasteiger partial charge in [-0.15, -0.1) is 21.5 Å². The van der Waals surface area contributed by atoms with Gasteiger partial charge in [-0.3, -0.25) is 4.79 Å². The lowest BCUT2D eigenvalue weighted by Crippen LogP contribution is -2.38. The maximum atomic E-state index is 13.1. The number of piperidine rings is 1. The quantitative estimate of drug-likeness (QED) is 0.680. The molecule has 2 aliphatic heterocycles. The zero-order chi connectivity index (χ0) is 18.2. The Balaban J connectivity index is 1.31. The molecule has 2 aromatic heterocycles. The molecule has 0 bridgehead atoms. The molecule has 3 aromatic rings. The molecule has 0 saturated carbocycles. The number of hydrogen-bond donors (Lipinski definition) is 0. The number of carbonyl (C=O) groups is 1.